The molecule has 1 aliphatic carbocycles. The Bertz CT molecular complexity index is 954. The van der Waals surface area contributed by atoms with Crippen molar-refractivity contribution < 1.29 is 4.74 Å². The van der Waals surface area contributed by atoms with Crippen LogP contribution in [0.2, 0.25) is 0 Å². The van der Waals surface area contributed by atoms with E-state index >= 15 is 0 Å². The van der Waals surface area contributed by atoms with E-state index in [1.54, 1.807) is 11.3 Å². The van der Waals surface area contributed by atoms with Crippen molar-refractivity contribution in [1.82, 2.24) is 4.98 Å². The first-order valence-electron chi connectivity index (χ1n) is 8.57. The summed E-state index contributed by atoms with van der Waals surface area (Å²) in [6.45, 7) is 4.74. The van der Waals surface area contributed by atoms with Crippen molar-refractivity contribution in [3.05, 3.63) is 49.9 Å². The topological polar surface area (TPSA) is 42.1 Å². The fourth-order valence-electron chi connectivity index (χ4n) is 3.72. The van der Waals surface area contributed by atoms with Gasteiger partial charge in [0, 0.05) is 11.3 Å². The fourth-order valence-corrected chi connectivity index (χ4v) is 4.36. The van der Waals surface area contributed by atoms with Crippen LogP contribution >= 0.6 is 11.3 Å². The second-order valence-corrected chi connectivity index (χ2v) is 7.21. The van der Waals surface area contributed by atoms with Gasteiger partial charge >= 0.3 is 0 Å². The van der Waals surface area contributed by atoms with Crippen molar-refractivity contribution in [2.24, 2.45) is 0 Å². The number of ether oxygens (including phenoxy) is 1. The van der Waals surface area contributed by atoms with E-state index in [-0.39, 0.29) is 5.43 Å². The van der Waals surface area contributed by atoms with Crippen LogP contribution in [0.4, 0.5) is 0 Å². The third-order valence-corrected chi connectivity index (χ3v) is 5.46. The number of hydrogen-bond donors (Lipinski definition) is 1. The van der Waals surface area contributed by atoms with E-state index in [2.05, 4.69) is 18.0 Å². The van der Waals surface area contributed by atoms with Gasteiger partial charge in [-0.05, 0) is 72.2 Å². The fraction of sp³-hybridized carbons (Fsp3) is 0.350. The molecule has 2 aromatic heterocycles. The van der Waals surface area contributed by atoms with Gasteiger partial charge in [0.05, 0.1) is 17.5 Å². The first-order chi connectivity index (χ1) is 11.7. The summed E-state index contributed by atoms with van der Waals surface area (Å²) >= 11 is 1.62. The van der Waals surface area contributed by atoms with E-state index in [0.29, 0.717) is 6.61 Å². The minimum atomic E-state index is 0.139. The van der Waals surface area contributed by atoms with Crippen molar-refractivity contribution in [3.8, 4) is 16.9 Å². The van der Waals surface area contributed by atoms with Crippen molar-refractivity contribution in [3.63, 3.8) is 0 Å². The van der Waals surface area contributed by atoms with Crippen LogP contribution in [0.25, 0.3) is 22.0 Å². The summed E-state index contributed by atoms with van der Waals surface area (Å²) in [6, 6.07) is 4.16. The SMILES string of the molecule is CCCOc1cc2c(c3c(=O)c(-c4ccsc4)c(C)[nH]c13)CCC2. The Hall–Kier alpha value is -2.07. The second-order valence-electron chi connectivity index (χ2n) is 6.43. The van der Waals surface area contributed by atoms with Gasteiger partial charge in [0.25, 0.3) is 0 Å². The summed E-state index contributed by atoms with van der Waals surface area (Å²) in [4.78, 5) is 16.8. The Balaban J connectivity index is 2.06. The van der Waals surface area contributed by atoms with Crippen LogP contribution in [0.1, 0.15) is 36.6 Å². The maximum atomic E-state index is 13.4. The Labute approximate surface area is 145 Å². The van der Waals surface area contributed by atoms with Crippen LogP contribution in [0.15, 0.2) is 27.7 Å². The number of benzene rings is 1. The normalized spacial score (nSPS) is 13.4. The minimum absolute atomic E-state index is 0.139. The quantitative estimate of drug-likeness (QED) is 0.739. The zero-order valence-electron chi connectivity index (χ0n) is 14.1. The summed E-state index contributed by atoms with van der Waals surface area (Å²) in [5.74, 6) is 0.824. The molecular weight excluding hydrogens is 318 g/mol. The summed E-state index contributed by atoms with van der Waals surface area (Å²) in [5, 5.41) is 4.90. The van der Waals surface area contributed by atoms with Crippen molar-refractivity contribution in [2.75, 3.05) is 6.61 Å². The lowest BCUT2D eigenvalue weighted by Gasteiger charge is -2.15. The molecule has 2 heterocycles. The van der Waals surface area contributed by atoms with Gasteiger partial charge in [0.1, 0.15) is 5.75 Å². The molecule has 0 radical (unpaired) electrons. The molecule has 1 N–H and O–H groups in total. The molecule has 1 aliphatic rings. The van der Waals surface area contributed by atoms with Gasteiger partial charge in [-0.2, -0.15) is 11.3 Å². The summed E-state index contributed by atoms with van der Waals surface area (Å²) in [5.41, 5.74) is 6.21. The Kier molecular flexibility index (Phi) is 3.93. The maximum Gasteiger partial charge on any atom is 0.197 e. The number of H-pyrrole nitrogens is 1. The van der Waals surface area contributed by atoms with Crippen molar-refractivity contribution >= 4 is 22.2 Å². The standard InChI is InChI=1S/C20H21NO2S/c1-3-8-23-16-10-13-5-4-6-15(13)18-19(16)21-12(2)17(20(18)22)14-7-9-24-11-14/h7,9-11H,3-6,8H2,1-2H3,(H,21,22). The Morgan fingerprint density at radius 1 is 1.33 bits per heavy atom. The average molecular weight is 339 g/mol. The molecule has 0 atom stereocenters. The molecule has 3 nitrogen and oxygen atoms in total. The summed E-state index contributed by atoms with van der Waals surface area (Å²) in [6.07, 6.45) is 4.08. The first-order valence-corrected chi connectivity index (χ1v) is 9.51. The van der Waals surface area contributed by atoms with Crippen LogP contribution in [-0.2, 0) is 12.8 Å². The van der Waals surface area contributed by atoms with Crippen LogP contribution < -0.4 is 10.2 Å². The smallest absolute Gasteiger partial charge is 0.197 e. The van der Waals surface area contributed by atoms with Gasteiger partial charge in [0.2, 0.25) is 0 Å². The minimum Gasteiger partial charge on any atom is -0.491 e. The number of nitrogens with one attached hydrogen (secondary N) is 1. The van der Waals surface area contributed by atoms with Crippen molar-refractivity contribution in [2.45, 2.75) is 39.5 Å². The van der Waals surface area contributed by atoms with Crippen LogP contribution in [0, 0.1) is 6.92 Å². The highest BCUT2D eigenvalue weighted by Crippen LogP contribution is 2.36. The lowest BCUT2D eigenvalue weighted by atomic mass is 9.98. The van der Waals surface area contributed by atoms with Crippen molar-refractivity contribution in [1.29, 1.82) is 0 Å². The van der Waals surface area contributed by atoms with Crippen LogP contribution in [0.5, 0.6) is 5.75 Å². The first kappa shape index (κ1) is 15.5. The van der Waals surface area contributed by atoms with E-state index in [0.717, 1.165) is 59.2 Å². The second kappa shape index (κ2) is 6.10. The van der Waals surface area contributed by atoms with Gasteiger partial charge in [-0.3, -0.25) is 4.79 Å². The zero-order chi connectivity index (χ0) is 16.7. The molecule has 4 heteroatoms. The molecule has 0 fully saturated rings. The lowest BCUT2D eigenvalue weighted by Crippen LogP contribution is -2.12. The molecule has 3 aromatic rings. The lowest BCUT2D eigenvalue weighted by molar-refractivity contribution is 0.320. The maximum absolute atomic E-state index is 13.4. The molecule has 0 spiro atoms. The van der Waals surface area contributed by atoms with Gasteiger partial charge in [0.15, 0.2) is 5.43 Å². The van der Waals surface area contributed by atoms with E-state index in [1.807, 2.05) is 23.8 Å². The van der Waals surface area contributed by atoms with Crippen LogP contribution in [0.3, 0.4) is 0 Å². The highest BCUT2D eigenvalue weighted by Gasteiger charge is 2.22. The molecule has 0 amide bonds. The Morgan fingerprint density at radius 2 is 2.21 bits per heavy atom. The summed E-state index contributed by atoms with van der Waals surface area (Å²) < 4.78 is 5.97. The molecule has 0 aliphatic heterocycles. The predicted molar refractivity (Wildman–Crippen MR) is 100 cm³/mol. The van der Waals surface area contributed by atoms with E-state index in [4.69, 9.17) is 4.74 Å². The van der Waals surface area contributed by atoms with Gasteiger partial charge in [-0.15, -0.1) is 0 Å². The number of hydrogen-bond acceptors (Lipinski definition) is 3. The third kappa shape index (κ3) is 2.37. The van der Waals surface area contributed by atoms with Gasteiger partial charge < -0.3 is 9.72 Å². The number of aromatic amines is 1. The number of fused-ring (bicyclic) bond motifs is 3. The number of pyridine rings is 1. The van der Waals surface area contributed by atoms with Crippen LogP contribution in [-0.4, -0.2) is 11.6 Å². The highest BCUT2D eigenvalue weighted by molar-refractivity contribution is 7.08. The number of thiophene rings is 1. The van der Waals surface area contributed by atoms with Gasteiger partial charge in [-0.1, -0.05) is 6.92 Å². The molecule has 124 valence electrons. The molecule has 0 unspecified atom stereocenters. The molecule has 0 saturated carbocycles. The van der Waals surface area contributed by atoms with E-state index in [9.17, 15) is 4.79 Å². The Morgan fingerprint density at radius 3 is 2.96 bits per heavy atom. The van der Waals surface area contributed by atoms with Gasteiger partial charge in [-0.25, -0.2) is 0 Å². The number of aryl methyl sites for hydroxylation is 3. The average Bonchev–Trinajstić information content (AvgIpc) is 3.23. The third-order valence-electron chi connectivity index (χ3n) is 4.78. The van der Waals surface area contributed by atoms with E-state index in [1.165, 1.54) is 11.1 Å². The molecule has 1 aromatic carbocycles. The predicted octanol–water partition coefficient (Wildman–Crippen LogP) is 4.84. The summed E-state index contributed by atoms with van der Waals surface area (Å²) in [7, 11) is 0. The molecular formula is C20H21NO2S. The molecule has 4 rings (SSSR count). The zero-order valence-corrected chi connectivity index (χ0v) is 14.9. The number of rotatable bonds is 4. The highest BCUT2D eigenvalue weighted by atomic mass is 32.1. The molecule has 0 bridgehead atoms. The monoisotopic (exact) mass is 339 g/mol. The molecule has 24 heavy (non-hydrogen) atoms. The van der Waals surface area contributed by atoms with E-state index < -0.39 is 0 Å². The largest absolute Gasteiger partial charge is 0.491 e. The molecule has 0 saturated heterocycles. The number of aromatic nitrogens is 1.